The molecule has 0 saturated carbocycles. The van der Waals surface area contributed by atoms with E-state index in [2.05, 4.69) is 0 Å². The van der Waals surface area contributed by atoms with Gasteiger partial charge in [0.05, 0.1) is 4.90 Å². The van der Waals surface area contributed by atoms with Gasteiger partial charge >= 0.3 is 29.6 Å². The smallest absolute Gasteiger partial charge is 0.744 e. The zero-order valence-electron chi connectivity index (χ0n) is 10.1. The van der Waals surface area contributed by atoms with Crippen LogP contribution in [0.3, 0.4) is 0 Å². The summed E-state index contributed by atoms with van der Waals surface area (Å²) >= 11 is 0. The molecule has 2 N–H and O–H groups in total. The van der Waals surface area contributed by atoms with Gasteiger partial charge in [-0.15, -0.1) is 0 Å². The molecule has 2 rings (SSSR count). The second-order valence-corrected chi connectivity index (χ2v) is 5.03. The molecule has 0 fully saturated rings. The summed E-state index contributed by atoms with van der Waals surface area (Å²) < 4.78 is 32.8. The molecule has 2 aromatic carbocycles. The van der Waals surface area contributed by atoms with Crippen molar-refractivity contribution < 1.29 is 52.7 Å². The summed E-state index contributed by atoms with van der Waals surface area (Å²) in [5, 5.41) is 18.5. The third kappa shape index (κ3) is 3.71. The number of benzene rings is 2. The summed E-state index contributed by atoms with van der Waals surface area (Å²) in [5.74, 6) is -0.498. The quantitative estimate of drug-likeness (QED) is 0.527. The van der Waals surface area contributed by atoms with E-state index in [1.54, 1.807) is 12.1 Å². The fourth-order valence-corrected chi connectivity index (χ4v) is 2.14. The average Bonchev–Trinajstić information content (AvgIpc) is 2.29. The Kier molecular flexibility index (Phi) is 5.00. The van der Waals surface area contributed by atoms with Crippen molar-refractivity contribution in [3.05, 3.63) is 42.5 Å². The van der Waals surface area contributed by atoms with E-state index in [0.29, 0.717) is 11.1 Å². The maximum atomic E-state index is 10.9. The van der Waals surface area contributed by atoms with Crippen LogP contribution in [0.15, 0.2) is 47.4 Å². The van der Waals surface area contributed by atoms with Crippen LogP contribution in [0.4, 0.5) is 0 Å². The van der Waals surface area contributed by atoms with Gasteiger partial charge < -0.3 is 14.8 Å². The van der Waals surface area contributed by atoms with Gasteiger partial charge in [-0.25, -0.2) is 8.42 Å². The van der Waals surface area contributed by atoms with Crippen LogP contribution in [0.2, 0.25) is 0 Å². The van der Waals surface area contributed by atoms with Crippen molar-refractivity contribution in [2.24, 2.45) is 0 Å². The zero-order chi connectivity index (χ0) is 13.3. The van der Waals surface area contributed by atoms with Crippen LogP contribution in [0.25, 0.3) is 11.1 Å². The fourth-order valence-electron chi connectivity index (χ4n) is 1.55. The molecule has 94 valence electrons. The predicted octanol–water partition coefficient (Wildman–Crippen LogP) is -1.33. The Labute approximate surface area is 132 Å². The molecule has 0 saturated heterocycles. The number of rotatable bonds is 2. The molecule has 0 aromatic heterocycles. The van der Waals surface area contributed by atoms with E-state index in [9.17, 15) is 18.1 Å². The first-order valence-corrected chi connectivity index (χ1v) is 6.37. The Morgan fingerprint density at radius 1 is 0.895 bits per heavy atom. The van der Waals surface area contributed by atoms with E-state index < -0.39 is 20.8 Å². The minimum Gasteiger partial charge on any atom is -0.744 e. The summed E-state index contributed by atoms with van der Waals surface area (Å²) in [7, 11) is -4.72. The molecule has 0 radical (unpaired) electrons. The van der Waals surface area contributed by atoms with Crippen LogP contribution in [-0.4, -0.2) is 23.2 Å². The van der Waals surface area contributed by atoms with Crippen molar-refractivity contribution >= 4 is 10.1 Å². The summed E-state index contributed by atoms with van der Waals surface area (Å²) in [6.07, 6.45) is 0. The van der Waals surface area contributed by atoms with Gasteiger partial charge in [0, 0.05) is 0 Å². The van der Waals surface area contributed by atoms with Gasteiger partial charge in [0.25, 0.3) is 0 Å². The van der Waals surface area contributed by atoms with Crippen molar-refractivity contribution in [1.82, 2.24) is 0 Å². The molecule has 0 bridgehead atoms. The van der Waals surface area contributed by atoms with E-state index in [1.807, 2.05) is 0 Å². The Morgan fingerprint density at radius 3 is 1.95 bits per heavy atom. The van der Waals surface area contributed by atoms with E-state index in [-0.39, 0.29) is 35.3 Å². The molecular weight excluding hydrogens is 279 g/mol. The largest absolute Gasteiger partial charge is 1.00 e. The molecule has 19 heavy (non-hydrogen) atoms. The van der Waals surface area contributed by atoms with Crippen LogP contribution in [0.1, 0.15) is 0 Å². The molecule has 0 aliphatic carbocycles. The van der Waals surface area contributed by atoms with Gasteiger partial charge in [0.2, 0.25) is 0 Å². The zero-order valence-corrected chi connectivity index (χ0v) is 12.9. The Morgan fingerprint density at radius 2 is 1.42 bits per heavy atom. The monoisotopic (exact) mass is 288 g/mol. The van der Waals surface area contributed by atoms with E-state index >= 15 is 0 Å². The Hall–Kier alpha value is -1.05. The molecule has 0 atom stereocenters. The molecule has 7 heteroatoms. The number of aromatic hydroxyl groups is 2. The van der Waals surface area contributed by atoms with Crippen LogP contribution >= 0.6 is 0 Å². The topological polar surface area (TPSA) is 97.7 Å². The van der Waals surface area contributed by atoms with Crippen LogP contribution in [-0.2, 0) is 10.1 Å². The predicted molar refractivity (Wildman–Crippen MR) is 63.2 cm³/mol. The number of hydrogen-bond donors (Lipinski definition) is 2. The minimum absolute atomic E-state index is 0. The van der Waals surface area contributed by atoms with Gasteiger partial charge in [0.1, 0.15) is 21.6 Å². The number of hydrogen-bond acceptors (Lipinski definition) is 5. The first-order chi connectivity index (χ1) is 8.38. The molecule has 0 aliphatic rings. The summed E-state index contributed by atoms with van der Waals surface area (Å²) in [6, 6.07) is 9.75. The molecule has 0 unspecified atom stereocenters. The van der Waals surface area contributed by atoms with E-state index in [1.165, 1.54) is 18.2 Å². The first kappa shape index (κ1) is 16.0. The standard InChI is InChI=1S/C12H10O5S.Na/c13-10-4-1-8(2-5-10)9-3-6-11(14)12(7-9)18(15,16)17;/h1-7,13-14H,(H,15,16,17);/q;+1/p-1. The van der Waals surface area contributed by atoms with Crippen molar-refractivity contribution in [3.8, 4) is 22.6 Å². The van der Waals surface area contributed by atoms with Crippen molar-refractivity contribution in [2.45, 2.75) is 4.90 Å². The second-order valence-electron chi connectivity index (χ2n) is 3.68. The van der Waals surface area contributed by atoms with Crippen LogP contribution in [0.5, 0.6) is 11.5 Å². The SMILES string of the molecule is O=S(=O)([O-])c1cc(-c2ccc(O)cc2)ccc1O.[Na+]. The molecule has 2 aromatic rings. The second kappa shape index (κ2) is 5.94. The van der Waals surface area contributed by atoms with Crippen molar-refractivity contribution in [2.75, 3.05) is 0 Å². The third-order valence-electron chi connectivity index (χ3n) is 2.43. The van der Waals surface area contributed by atoms with E-state index in [4.69, 9.17) is 5.11 Å². The van der Waals surface area contributed by atoms with Crippen molar-refractivity contribution in [1.29, 1.82) is 0 Å². The number of phenols is 2. The maximum absolute atomic E-state index is 10.9. The molecule has 5 nitrogen and oxygen atoms in total. The Balaban J connectivity index is 0.00000180. The molecule has 0 spiro atoms. The Bertz CT molecular complexity index is 680. The molecule has 0 heterocycles. The minimum atomic E-state index is -4.72. The van der Waals surface area contributed by atoms with Gasteiger partial charge in [-0.2, -0.15) is 0 Å². The molecular formula is C12H9NaO5S. The van der Waals surface area contributed by atoms with Gasteiger partial charge in [-0.05, 0) is 35.4 Å². The summed E-state index contributed by atoms with van der Waals surface area (Å²) in [5.41, 5.74) is 1.08. The summed E-state index contributed by atoms with van der Waals surface area (Å²) in [4.78, 5) is -0.659. The summed E-state index contributed by atoms with van der Waals surface area (Å²) in [6.45, 7) is 0. The fraction of sp³-hybridized carbons (Fsp3) is 0. The normalized spacial score (nSPS) is 10.8. The van der Waals surface area contributed by atoms with Gasteiger partial charge in [0.15, 0.2) is 0 Å². The van der Waals surface area contributed by atoms with E-state index in [0.717, 1.165) is 12.1 Å². The third-order valence-corrected chi connectivity index (χ3v) is 3.30. The van der Waals surface area contributed by atoms with Gasteiger partial charge in [-0.3, -0.25) is 0 Å². The maximum Gasteiger partial charge on any atom is 1.00 e. The average molecular weight is 288 g/mol. The van der Waals surface area contributed by atoms with Crippen molar-refractivity contribution in [3.63, 3.8) is 0 Å². The number of phenolic OH excluding ortho intramolecular Hbond substituents is 2. The van der Waals surface area contributed by atoms with Crippen LogP contribution in [0, 0.1) is 0 Å². The first-order valence-electron chi connectivity index (χ1n) is 4.96. The van der Waals surface area contributed by atoms with Gasteiger partial charge in [-0.1, -0.05) is 18.2 Å². The molecule has 0 aliphatic heterocycles. The van der Waals surface area contributed by atoms with Crippen LogP contribution < -0.4 is 29.6 Å². The molecule has 0 amide bonds.